The number of anilines is 1. The predicted octanol–water partition coefficient (Wildman–Crippen LogP) is 3.97. The number of amides is 2. The van der Waals surface area contributed by atoms with E-state index in [1.165, 1.54) is 17.7 Å². The van der Waals surface area contributed by atoms with Gasteiger partial charge in [0.1, 0.15) is 5.82 Å². The zero-order valence-corrected chi connectivity index (χ0v) is 12.0. The Kier molecular flexibility index (Phi) is 5.32. The van der Waals surface area contributed by atoms with Crippen LogP contribution in [0.5, 0.6) is 0 Å². The van der Waals surface area contributed by atoms with Gasteiger partial charge in [-0.3, -0.25) is 0 Å². The number of carbonyl (C=O) groups is 1. The van der Waals surface area contributed by atoms with Gasteiger partial charge >= 0.3 is 6.03 Å². The van der Waals surface area contributed by atoms with Crippen molar-refractivity contribution in [2.75, 3.05) is 5.32 Å². The van der Waals surface area contributed by atoms with Gasteiger partial charge in [-0.2, -0.15) is 0 Å². The first-order valence-corrected chi connectivity index (χ1v) is 7.01. The molecule has 4 heteroatoms. The standard InChI is InChI=1S/C17H19FN2O/c1-13(11-12-14-7-3-2-4-8-14)19-17(21)20-16-10-6-5-9-15(16)18/h2-10,13H,11-12H2,1H3,(H2,19,20,21). The second-order valence-corrected chi connectivity index (χ2v) is 5.00. The molecule has 0 aliphatic rings. The number of para-hydroxylation sites is 1. The average Bonchev–Trinajstić information content (AvgIpc) is 2.48. The molecular formula is C17H19FN2O. The van der Waals surface area contributed by atoms with Gasteiger partial charge in [-0.15, -0.1) is 0 Å². The van der Waals surface area contributed by atoms with Crippen molar-refractivity contribution in [3.05, 3.63) is 66.0 Å². The molecular weight excluding hydrogens is 267 g/mol. The van der Waals surface area contributed by atoms with E-state index in [2.05, 4.69) is 22.8 Å². The summed E-state index contributed by atoms with van der Waals surface area (Å²) in [5.74, 6) is -0.440. The topological polar surface area (TPSA) is 41.1 Å². The third-order valence-corrected chi connectivity index (χ3v) is 3.21. The molecule has 110 valence electrons. The number of carbonyl (C=O) groups excluding carboxylic acids is 1. The van der Waals surface area contributed by atoms with E-state index in [-0.39, 0.29) is 17.8 Å². The average molecular weight is 286 g/mol. The Hall–Kier alpha value is -2.36. The third-order valence-electron chi connectivity index (χ3n) is 3.21. The Morgan fingerprint density at radius 1 is 1.10 bits per heavy atom. The summed E-state index contributed by atoms with van der Waals surface area (Å²) in [7, 11) is 0. The smallest absolute Gasteiger partial charge is 0.319 e. The molecule has 21 heavy (non-hydrogen) atoms. The Morgan fingerprint density at radius 2 is 1.76 bits per heavy atom. The molecule has 0 bridgehead atoms. The predicted molar refractivity (Wildman–Crippen MR) is 82.8 cm³/mol. The quantitative estimate of drug-likeness (QED) is 0.858. The first-order valence-electron chi connectivity index (χ1n) is 7.01. The lowest BCUT2D eigenvalue weighted by Crippen LogP contribution is -2.36. The molecule has 0 saturated heterocycles. The van der Waals surface area contributed by atoms with Gasteiger partial charge in [0.05, 0.1) is 5.69 Å². The maximum atomic E-state index is 13.4. The van der Waals surface area contributed by atoms with Crippen molar-refractivity contribution >= 4 is 11.7 Å². The largest absolute Gasteiger partial charge is 0.335 e. The summed E-state index contributed by atoms with van der Waals surface area (Å²) in [5.41, 5.74) is 1.42. The van der Waals surface area contributed by atoms with Crippen molar-refractivity contribution in [3.63, 3.8) is 0 Å². The van der Waals surface area contributed by atoms with Crippen LogP contribution < -0.4 is 10.6 Å². The van der Waals surface area contributed by atoms with Gasteiger partial charge in [0.2, 0.25) is 0 Å². The lowest BCUT2D eigenvalue weighted by Gasteiger charge is -2.15. The minimum Gasteiger partial charge on any atom is -0.335 e. The minimum atomic E-state index is -0.440. The number of benzene rings is 2. The third kappa shape index (κ3) is 4.91. The molecule has 0 saturated carbocycles. The molecule has 2 rings (SSSR count). The van der Waals surface area contributed by atoms with Gasteiger partial charge in [0.25, 0.3) is 0 Å². The van der Waals surface area contributed by atoms with Crippen molar-refractivity contribution in [2.24, 2.45) is 0 Å². The number of hydrogen-bond acceptors (Lipinski definition) is 1. The van der Waals surface area contributed by atoms with Crippen LogP contribution >= 0.6 is 0 Å². The summed E-state index contributed by atoms with van der Waals surface area (Å²) in [6, 6.07) is 15.8. The van der Waals surface area contributed by atoms with Gasteiger partial charge in [-0.25, -0.2) is 9.18 Å². The molecule has 0 radical (unpaired) electrons. The fourth-order valence-corrected chi connectivity index (χ4v) is 2.04. The molecule has 1 atom stereocenters. The number of rotatable bonds is 5. The highest BCUT2D eigenvalue weighted by Crippen LogP contribution is 2.12. The van der Waals surface area contributed by atoms with E-state index >= 15 is 0 Å². The molecule has 0 heterocycles. The monoisotopic (exact) mass is 286 g/mol. The van der Waals surface area contributed by atoms with Gasteiger partial charge < -0.3 is 10.6 Å². The fraction of sp³-hybridized carbons (Fsp3) is 0.235. The van der Waals surface area contributed by atoms with Crippen molar-refractivity contribution in [3.8, 4) is 0 Å². The van der Waals surface area contributed by atoms with Crippen molar-refractivity contribution < 1.29 is 9.18 Å². The van der Waals surface area contributed by atoms with E-state index in [0.29, 0.717) is 0 Å². The highest BCUT2D eigenvalue weighted by molar-refractivity contribution is 5.89. The Labute approximate surface area is 124 Å². The molecule has 0 fully saturated rings. The Bertz CT molecular complexity index is 586. The van der Waals surface area contributed by atoms with E-state index in [4.69, 9.17) is 0 Å². The van der Waals surface area contributed by atoms with E-state index in [9.17, 15) is 9.18 Å². The zero-order chi connectivity index (χ0) is 15.1. The summed E-state index contributed by atoms with van der Waals surface area (Å²) >= 11 is 0. The first-order chi connectivity index (χ1) is 10.1. The Balaban J connectivity index is 1.78. The van der Waals surface area contributed by atoms with Gasteiger partial charge in [0, 0.05) is 6.04 Å². The summed E-state index contributed by atoms with van der Waals surface area (Å²) in [4.78, 5) is 11.8. The van der Waals surface area contributed by atoms with Crippen LogP contribution in [0, 0.1) is 5.82 Å². The summed E-state index contributed by atoms with van der Waals surface area (Å²) in [6.45, 7) is 1.93. The number of nitrogens with one attached hydrogen (secondary N) is 2. The molecule has 0 spiro atoms. The number of hydrogen-bond donors (Lipinski definition) is 2. The maximum Gasteiger partial charge on any atom is 0.319 e. The van der Waals surface area contributed by atoms with E-state index in [1.54, 1.807) is 12.1 Å². The molecule has 1 unspecified atom stereocenters. The van der Waals surface area contributed by atoms with Gasteiger partial charge in [-0.1, -0.05) is 42.5 Å². The van der Waals surface area contributed by atoms with Crippen LogP contribution in [0.15, 0.2) is 54.6 Å². The molecule has 0 aromatic heterocycles. The summed E-state index contributed by atoms with van der Waals surface area (Å²) in [5, 5.41) is 5.32. The molecule has 3 nitrogen and oxygen atoms in total. The SMILES string of the molecule is CC(CCc1ccccc1)NC(=O)Nc1ccccc1F. The van der Waals surface area contributed by atoms with Crippen LogP contribution in [-0.4, -0.2) is 12.1 Å². The fourth-order valence-electron chi connectivity index (χ4n) is 2.04. The molecule has 0 aliphatic heterocycles. The van der Waals surface area contributed by atoms with Gasteiger partial charge in [0.15, 0.2) is 0 Å². The van der Waals surface area contributed by atoms with Crippen molar-refractivity contribution in [2.45, 2.75) is 25.8 Å². The summed E-state index contributed by atoms with van der Waals surface area (Å²) in [6.07, 6.45) is 1.72. The van der Waals surface area contributed by atoms with Crippen LogP contribution in [0.3, 0.4) is 0 Å². The number of halogens is 1. The lowest BCUT2D eigenvalue weighted by molar-refractivity contribution is 0.248. The molecule has 2 amide bonds. The molecule has 2 aromatic rings. The van der Waals surface area contributed by atoms with Crippen LogP contribution in [0.2, 0.25) is 0 Å². The van der Waals surface area contributed by atoms with Crippen LogP contribution in [0.25, 0.3) is 0 Å². The lowest BCUT2D eigenvalue weighted by atomic mass is 10.1. The normalized spacial score (nSPS) is 11.7. The maximum absolute atomic E-state index is 13.4. The zero-order valence-electron chi connectivity index (χ0n) is 12.0. The van der Waals surface area contributed by atoms with E-state index in [0.717, 1.165) is 12.8 Å². The molecule has 2 aromatic carbocycles. The van der Waals surface area contributed by atoms with Crippen LogP contribution in [0.1, 0.15) is 18.9 Å². The highest BCUT2D eigenvalue weighted by atomic mass is 19.1. The number of aryl methyl sites for hydroxylation is 1. The molecule has 2 N–H and O–H groups in total. The number of urea groups is 1. The molecule has 0 aliphatic carbocycles. The van der Waals surface area contributed by atoms with Crippen LogP contribution in [-0.2, 0) is 6.42 Å². The minimum absolute atomic E-state index is 0.0111. The first kappa shape index (κ1) is 15.0. The van der Waals surface area contributed by atoms with Crippen molar-refractivity contribution in [1.29, 1.82) is 0 Å². The van der Waals surface area contributed by atoms with Crippen LogP contribution in [0.4, 0.5) is 14.9 Å². The highest BCUT2D eigenvalue weighted by Gasteiger charge is 2.09. The second kappa shape index (κ2) is 7.43. The Morgan fingerprint density at radius 3 is 2.48 bits per heavy atom. The van der Waals surface area contributed by atoms with E-state index in [1.807, 2.05) is 25.1 Å². The summed E-state index contributed by atoms with van der Waals surface area (Å²) < 4.78 is 13.4. The van der Waals surface area contributed by atoms with Gasteiger partial charge in [-0.05, 0) is 37.5 Å². The second-order valence-electron chi connectivity index (χ2n) is 5.00. The van der Waals surface area contributed by atoms with Crippen molar-refractivity contribution in [1.82, 2.24) is 5.32 Å². The van der Waals surface area contributed by atoms with E-state index < -0.39 is 5.82 Å².